The van der Waals surface area contributed by atoms with Crippen LogP contribution in [-0.2, 0) is 4.79 Å². The van der Waals surface area contributed by atoms with Crippen LogP contribution in [0.25, 0.3) is 0 Å². The van der Waals surface area contributed by atoms with Crippen molar-refractivity contribution in [3.63, 3.8) is 0 Å². The number of hydrogen-bond donors (Lipinski definition) is 4. The van der Waals surface area contributed by atoms with E-state index in [2.05, 4.69) is 31.9 Å². The minimum Gasteiger partial charge on any atom is -0.389 e. The Hall–Kier alpha value is -1.60. The molecule has 1 rings (SSSR count). The van der Waals surface area contributed by atoms with Gasteiger partial charge < -0.3 is 21.1 Å². The molecule has 0 saturated carbocycles. The van der Waals surface area contributed by atoms with E-state index in [4.69, 9.17) is 0 Å². The van der Waals surface area contributed by atoms with Gasteiger partial charge in [0.25, 0.3) is 0 Å². The van der Waals surface area contributed by atoms with Crippen molar-refractivity contribution in [2.45, 2.75) is 45.8 Å². The fraction of sp³-hybridized carbons (Fsp3) is 0.529. The van der Waals surface area contributed by atoms with Crippen molar-refractivity contribution in [1.29, 1.82) is 0 Å². The van der Waals surface area contributed by atoms with E-state index >= 15 is 0 Å². The largest absolute Gasteiger partial charge is 0.389 e. The van der Waals surface area contributed by atoms with E-state index in [0.717, 1.165) is 4.47 Å². The summed E-state index contributed by atoms with van der Waals surface area (Å²) in [7, 11) is 0. The van der Waals surface area contributed by atoms with Crippen LogP contribution < -0.4 is 16.0 Å². The SMILES string of the molecule is CC(C)C[C@H](NC(=O)Nc1ccc(Br)cc1)C(=O)NCC(C)(C)O. The Balaban J connectivity index is 2.65. The number of carbonyl (C=O) groups is 2. The Bertz CT molecular complexity index is 553. The van der Waals surface area contributed by atoms with Crippen molar-refractivity contribution in [3.05, 3.63) is 28.7 Å². The van der Waals surface area contributed by atoms with Crippen LogP contribution in [0.5, 0.6) is 0 Å². The molecule has 0 aliphatic heterocycles. The summed E-state index contributed by atoms with van der Waals surface area (Å²) in [6.07, 6.45) is 0.505. The third-order valence-electron chi connectivity index (χ3n) is 3.13. The van der Waals surface area contributed by atoms with Gasteiger partial charge in [-0.2, -0.15) is 0 Å². The Labute approximate surface area is 151 Å². The van der Waals surface area contributed by atoms with Crippen LogP contribution >= 0.6 is 15.9 Å². The van der Waals surface area contributed by atoms with Crippen molar-refractivity contribution in [2.75, 3.05) is 11.9 Å². The van der Waals surface area contributed by atoms with Gasteiger partial charge in [0.15, 0.2) is 0 Å². The third kappa shape index (κ3) is 8.31. The first-order valence-electron chi connectivity index (χ1n) is 7.90. The molecule has 134 valence electrons. The Kier molecular flexibility index (Phi) is 7.69. The summed E-state index contributed by atoms with van der Waals surface area (Å²) in [6.45, 7) is 7.29. The number of anilines is 1. The van der Waals surface area contributed by atoms with Crippen LogP contribution in [0.3, 0.4) is 0 Å². The van der Waals surface area contributed by atoms with Gasteiger partial charge >= 0.3 is 6.03 Å². The molecule has 7 heteroatoms. The summed E-state index contributed by atoms with van der Waals surface area (Å²) in [6, 6.07) is 6.04. The summed E-state index contributed by atoms with van der Waals surface area (Å²) < 4.78 is 0.914. The van der Waals surface area contributed by atoms with Crippen LogP contribution in [0.1, 0.15) is 34.1 Å². The van der Waals surface area contributed by atoms with Crippen molar-refractivity contribution in [2.24, 2.45) is 5.92 Å². The highest BCUT2D eigenvalue weighted by molar-refractivity contribution is 9.10. The van der Waals surface area contributed by atoms with Crippen LogP contribution in [0.4, 0.5) is 10.5 Å². The zero-order chi connectivity index (χ0) is 18.3. The molecule has 1 atom stereocenters. The maximum atomic E-state index is 12.3. The molecule has 0 heterocycles. The van der Waals surface area contributed by atoms with Crippen LogP contribution in [-0.4, -0.2) is 35.2 Å². The average Bonchev–Trinajstić information content (AvgIpc) is 2.45. The van der Waals surface area contributed by atoms with Gasteiger partial charge in [0, 0.05) is 16.7 Å². The zero-order valence-corrected chi connectivity index (χ0v) is 16.1. The van der Waals surface area contributed by atoms with E-state index in [1.807, 2.05) is 26.0 Å². The second kappa shape index (κ2) is 9.03. The predicted octanol–water partition coefficient (Wildman–Crippen LogP) is 2.87. The smallest absolute Gasteiger partial charge is 0.319 e. The van der Waals surface area contributed by atoms with Gasteiger partial charge in [0.2, 0.25) is 5.91 Å². The molecular formula is C17H26BrN3O3. The van der Waals surface area contributed by atoms with Crippen molar-refractivity contribution < 1.29 is 14.7 Å². The third-order valence-corrected chi connectivity index (χ3v) is 3.65. The number of amides is 3. The van der Waals surface area contributed by atoms with Gasteiger partial charge in [-0.1, -0.05) is 29.8 Å². The van der Waals surface area contributed by atoms with E-state index in [1.54, 1.807) is 26.0 Å². The second-order valence-electron chi connectivity index (χ2n) is 6.82. The summed E-state index contributed by atoms with van der Waals surface area (Å²) in [5.74, 6) is -0.0763. The molecule has 6 nitrogen and oxygen atoms in total. The summed E-state index contributed by atoms with van der Waals surface area (Å²) in [5, 5.41) is 17.8. The molecule has 0 fully saturated rings. The topological polar surface area (TPSA) is 90.5 Å². The average molecular weight is 400 g/mol. The lowest BCUT2D eigenvalue weighted by molar-refractivity contribution is -0.124. The molecule has 3 amide bonds. The highest BCUT2D eigenvalue weighted by Crippen LogP contribution is 2.14. The number of halogens is 1. The quantitative estimate of drug-likeness (QED) is 0.567. The number of urea groups is 1. The summed E-state index contributed by atoms with van der Waals surface area (Å²) in [4.78, 5) is 24.4. The fourth-order valence-corrected chi connectivity index (χ4v) is 2.25. The normalized spacial score (nSPS) is 12.6. The monoisotopic (exact) mass is 399 g/mol. The lowest BCUT2D eigenvalue weighted by Crippen LogP contribution is -2.51. The molecule has 0 unspecified atom stereocenters. The van der Waals surface area contributed by atoms with Crippen molar-refractivity contribution in [3.8, 4) is 0 Å². The Morgan fingerprint density at radius 1 is 1.21 bits per heavy atom. The molecule has 24 heavy (non-hydrogen) atoms. The zero-order valence-electron chi connectivity index (χ0n) is 14.5. The first-order chi connectivity index (χ1) is 11.1. The number of carbonyl (C=O) groups excluding carboxylic acids is 2. The molecule has 0 aliphatic rings. The van der Waals surface area contributed by atoms with Gasteiger partial charge in [-0.3, -0.25) is 4.79 Å². The number of aliphatic hydroxyl groups is 1. The number of benzene rings is 1. The van der Waals surface area contributed by atoms with Gasteiger partial charge in [-0.25, -0.2) is 4.79 Å². The molecule has 1 aromatic carbocycles. The van der Waals surface area contributed by atoms with E-state index < -0.39 is 17.7 Å². The van der Waals surface area contributed by atoms with E-state index in [9.17, 15) is 14.7 Å². The number of nitrogens with one attached hydrogen (secondary N) is 3. The molecular weight excluding hydrogens is 374 g/mol. The second-order valence-corrected chi connectivity index (χ2v) is 7.73. The van der Waals surface area contributed by atoms with Gasteiger partial charge in [0.1, 0.15) is 6.04 Å². The first kappa shape index (κ1) is 20.4. The van der Waals surface area contributed by atoms with Crippen LogP contribution in [0.2, 0.25) is 0 Å². The van der Waals surface area contributed by atoms with Crippen LogP contribution in [0, 0.1) is 5.92 Å². The highest BCUT2D eigenvalue weighted by atomic mass is 79.9. The maximum absolute atomic E-state index is 12.3. The van der Waals surface area contributed by atoms with Gasteiger partial charge in [-0.15, -0.1) is 0 Å². The first-order valence-corrected chi connectivity index (χ1v) is 8.69. The highest BCUT2D eigenvalue weighted by Gasteiger charge is 2.23. The summed E-state index contributed by atoms with van der Waals surface area (Å²) >= 11 is 3.33. The minimum atomic E-state index is -1.00. The standard InChI is InChI=1S/C17H26BrN3O3/c1-11(2)9-14(15(22)19-10-17(3,4)24)21-16(23)20-13-7-5-12(18)6-8-13/h5-8,11,14,24H,9-10H2,1-4H3,(H,19,22)(H2,20,21,23)/t14-/m0/s1. The molecule has 0 aromatic heterocycles. The Morgan fingerprint density at radius 2 is 1.79 bits per heavy atom. The molecule has 0 saturated heterocycles. The van der Waals surface area contributed by atoms with Crippen LogP contribution in [0.15, 0.2) is 28.7 Å². The molecule has 0 radical (unpaired) electrons. The lowest BCUT2D eigenvalue weighted by atomic mass is 10.0. The number of rotatable bonds is 7. The predicted molar refractivity (Wildman–Crippen MR) is 98.8 cm³/mol. The number of hydrogen-bond acceptors (Lipinski definition) is 3. The molecule has 0 bridgehead atoms. The minimum absolute atomic E-state index is 0.121. The van der Waals surface area contributed by atoms with Crippen molar-refractivity contribution in [1.82, 2.24) is 10.6 Å². The van der Waals surface area contributed by atoms with Gasteiger partial charge in [-0.05, 0) is 50.5 Å². The van der Waals surface area contributed by atoms with Gasteiger partial charge in [0.05, 0.1) is 5.60 Å². The molecule has 1 aromatic rings. The summed E-state index contributed by atoms with van der Waals surface area (Å²) in [5.41, 5.74) is -0.367. The van der Waals surface area contributed by atoms with E-state index in [0.29, 0.717) is 12.1 Å². The fourth-order valence-electron chi connectivity index (χ4n) is 1.99. The van der Waals surface area contributed by atoms with E-state index in [1.165, 1.54) is 0 Å². The molecule has 4 N–H and O–H groups in total. The Morgan fingerprint density at radius 3 is 2.29 bits per heavy atom. The molecule has 0 aliphatic carbocycles. The molecule has 0 spiro atoms. The van der Waals surface area contributed by atoms with Crippen molar-refractivity contribution >= 4 is 33.6 Å². The maximum Gasteiger partial charge on any atom is 0.319 e. The lowest BCUT2D eigenvalue weighted by Gasteiger charge is -2.23. The van der Waals surface area contributed by atoms with E-state index in [-0.39, 0.29) is 18.4 Å².